The molecular formula is C22H22ClF3N2O5. The van der Waals surface area contributed by atoms with Crippen LogP contribution in [0, 0.1) is 5.92 Å². The summed E-state index contributed by atoms with van der Waals surface area (Å²) in [5.41, 5.74) is -2.23. The summed E-state index contributed by atoms with van der Waals surface area (Å²) < 4.78 is 57.4. The van der Waals surface area contributed by atoms with Crippen LogP contribution in [0.4, 0.5) is 18.9 Å². The summed E-state index contributed by atoms with van der Waals surface area (Å²) >= 11 is 6.20. The molecule has 1 aromatic carbocycles. The zero-order valence-corrected chi connectivity index (χ0v) is 19.0. The van der Waals surface area contributed by atoms with E-state index in [1.807, 2.05) is 0 Å². The van der Waals surface area contributed by atoms with Crippen LogP contribution in [0.3, 0.4) is 0 Å². The number of nitrogens with one attached hydrogen (secondary N) is 1. The molecule has 178 valence electrons. The van der Waals surface area contributed by atoms with Crippen molar-refractivity contribution in [1.29, 1.82) is 0 Å². The highest BCUT2D eigenvalue weighted by molar-refractivity contribution is 6.32. The van der Waals surface area contributed by atoms with Gasteiger partial charge in [-0.25, -0.2) is 9.78 Å². The molecule has 0 bridgehead atoms. The molecule has 1 fully saturated rings. The van der Waals surface area contributed by atoms with Crippen molar-refractivity contribution in [2.24, 2.45) is 5.92 Å². The van der Waals surface area contributed by atoms with Crippen LogP contribution in [0.1, 0.15) is 35.8 Å². The third kappa shape index (κ3) is 4.49. The number of methoxy groups -OCH3 is 2. The van der Waals surface area contributed by atoms with Crippen molar-refractivity contribution in [1.82, 2.24) is 4.98 Å². The number of halogens is 4. The fraction of sp³-hybridized carbons (Fsp3) is 0.409. The van der Waals surface area contributed by atoms with Gasteiger partial charge in [0, 0.05) is 29.3 Å². The van der Waals surface area contributed by atoms with Crippen LogP contribution in [0.15, 0.2) is 36.5 Å². The number of hydrogen-bond acceptors (Lipinski definition) is 6. The fourth-order valence-corrected chi connectivity index (χ4v) is 4.22. The van der Waals surface area contributed by atoms with E-state index in [0.717, 1.165) is 6.92 Å². The van der Waals surface area contributed by atoms with Gasteiger partial charge in [-0.3, -0.25) is 4.79 Å². The van der Waals surface area contributed by atoms with Crippen LogP contribution in [0.25, 0.3) is 0 Å². The maximum atomic E-state index is 14.0. The number of rotatable bonds is 5. The number of pyridine rings is 1. The number of para-hydroxylation sites is 1. The lowest BCUT2D eigenvalue weighted by Crippen LogP contribution is -2.47. The molecule has 2 heterocycles. The molecule has 2 aromatic rings. The van der Waals surface area contributed by atoms with Crippen molar-refractivity contribution in [2.75, 3.05) is 19.5 Å². The summed E-state index contributed by atoms with van der Waals surface area (Å²) in [4.78, 5) is 28.7. The maximum absolute atomic E-state index is 14.0. The standard InChI is InChI=1S/C22H22ClF3N2O5/c1-11-16(13-6-5-7-14(23)17(13)31-3)18(33-21(11,2)22(24,25)26)19(29)28-12-8-9-27-15(10-12)20(30)32-4/h5-11,16,18H,1-4H3,(H,27,28,29)/t11-,16-,18+,21+/m0/s1. The lowest BCUT2D eigenvalue weighted by molar-refractivity contribution is -0.272. The number of nitrogens with zero attached hydrogens (tertiary/aromatic N) is 1. The second kappa shape index (κ2) is 9.18. The maximum Gasteiger partial charge on any atom is 0.417 e. The van der Waals surface area contributed by atoms with Crippen molar-refractivity contribution in [3.05, 3.63) is 52.8 Å². The average molecular weight is 487 g/mol. The van der Waals surface area contributed by atoms with Gasteiger partial charge >= 0.3 is 12.1 Å². The lowest BCUT2D eigenvalue weighted by Gasteiger charge is -2.32. The van der Waals surface area contributed by atoms with E-state index >= 15 is 0 Å². The summed E-state index contributed by atoms with van der Waals surface area (Å²) in [5.74, 6) is -3.59. The highest BCUT2D eigenvalue weighted by Gasteiger charge is 2.65. The summed E-state index contributed by atoms with van der Waals surface area (Å²) in [7, 11) is 2.51. The van der Waals surface area contributed by atoms with Crippen LogP contribution in [-0.4, -0.2) is 49.0 Å². The average Bonchev–Trinajstić information content (AvgIpc) is 3.05. The number of amides is 1. The molecule has 11 heteroatoms. The first-order chi connectivity index (χ1) is 15.4. The molecule has 1 amide bonds. The van der Waals surface area contributed by atoms with Gasteiger partial charge in [0.1, 0.15) is 17.5 Å². The number of alkyl halides is 3. The largest absolute Gasteiger partial charge is 0.495 e. The molecular weight excluding hydrogens is 465 g/mol. The number of benzene rings is 1. The van der Waals surface area contributed by atoms with Gasteiger partial charge < -0.3 is 19.5 Å². The Hall–Kier alpha value is -2.85. The Kier molecular flexibility index (Phi) is 6.90. The quantitative estimate of drug-likeness (QED) is 0.621. The van der Waals surface area contributed by atoms with Crippen LogP contribution in [0.5, 0.6) is 5.75 Å². The van der Waals surface area contributed by atoms with Gasteiger partial charge in [-0.1, -0.05) is 30.7 Å². The molecule has 1 saturated heterocycles. The first-order valence-electron chi connectivity index (χ1n) is 9.86. The van der Waals surface area contributed by atoms with Crippen molar-refractivity contribution in [3.8, 4) is 5.75 Å². The first kappa shape index (κ1) is 24.8. The monoisotopic (exact) mass is 486 g/mol. The predicted molar refractivity (Wildman–Crippen MR) is 113 cm³/mol. The van der Waals surface area contributed by atoms with Crippen LogP contribution in [-0.2, 0) is 14.3 Å². The van der Waals surface area contributed by atoms with E-state index in [1.165, 1.54) is 45.5 Å². The third-order valence-electron chi connectivity index (χ3n) is 5.91. The molecule has 1 aromatic heterocycles. The van der Waals surface area contributed by atoms with Crippen molar-refractivity contribution in [2.45, 2.75) is 37.6 Å². The van der Waals surface area contributed by atoms with Gasteiger partial charge in [0.05, 0.1) is 19.2 Å². The molecule has 1 N–H and O–H groups in total. The number of anilines is 1. The highest BCUT2D eigenvalue weighted by Crippen LogP contribution is 2.55. The Balaban J connectivity index is 2.03. The molecule has 0 spiro atoms. The van der Waals surface area contributed by atoms with E-state index in [4.69, 9.17) is 21.1 Å². The normalized spacial score (nSPS) is 24.9. The number of ether oxygens (including phenoxy) is 3. The minimum atomic E-state index is -4.75. The van der Waals surface area contributed by atoms with Crippen LogP contribution < -0.4 is 10.1 Å². The number of esters is 1. The summed E-state index contributed by atoms with van der Waals surface area (Å²) in [6.45, 7) is 2.28. The molecule has 3 rings (SSSR count). The number of carbonyl (C=O) groups excluding carboxylic acids is 2. The van der Waals surface area contributed by atoms with Crippen LogP contribution in [0.2, 0.25) is 5.02 Å². The van der Waals surface area contributed by atoms with Gasteiger partial charge in [-0.15, -0.1) is 0 Å². The van der Waals surface area contributed by atoms with E-state index in [9.17, 15) is 22.8 Å². The molecule has 7 nitrogen and oxygen atoms in total. The van der Waals surface area contributed by atoms with E-state index in [1.54, 1.807) is 12.1 Å². The van der Waals surface area contributed by atoms with Crippen LogP contribution >= 0.6 is 11.6 Å². The Morgan fingerprint density at radius 1 is 1.24 bits per heavy atom. The predicted octanol–water partition coefficient (Wildman–Crippen LogP) is 4.61. The van der Waals surface area contributed by atoms with E-state index in [-0.39, 0.29) is 22.2 Å². The van der Waals surface area contributed by atoms with Gasteiger partial charge in [0.15, 0.2) is 5.60 Å². The zero-order valence-electron chi connectivity index (χ0n) is 18.2. The minimum Gasteiger partial charge on any atom is -0.495 e. The zero-order chi connectivity index (χ0) is 24.6. The first-order valence-corrected chi connectivity index (χ1v) is 10.2. The molecule has 1 aliphatic heterocycles. The van der Waals surface area contributed by atoms with Gasteiger partial charge in [0.25, 0.3) is 5.91 Å². The molecule has 0 saturated carbocycles. The Labute approximate surface area is 193 Å². The molecule has 0 aliphatic carbocycles. The summed E-state index contributed by atoms with van der Waals surface area (Å²) in [5, 5.41) is 2.71. The van der Waals surface area contributed by atoms with E-state index < -0.39 is 41.6 Å². The number of carbonyl (C=O) groups is 2. The summed E-state index contributed by atoms with van der Waals surface area (Å²) in [6, 6.07) is 7.30. The lowest BCUT2D eigenvalue weighted by atomic mass is 9.77. The molecule has 0 unspecified atom stereocenters. The second-order valence-electron chi connectivity index (χ2n) is 7.73. The van der Waals surface area contributed by atoms with Gasteiger partial charge in [-0.05, 0) is 25.1 Å². The Morgan fingerprint density at radius 3 is 2.55 bits per heavy atom. The molecule has 33 heavy (non-hydrogen) atoms. The van der Waals surface area contributed by atoms with Crippen molar-refractivity contribution < 1.29 is 37.0 Å². The topological polar surface area (TPSA) is 86.8 Å². The molecule has 4 atom stereocenters. The Bertz CT molecular complexity index is 1060. The van der Waals surface area contributed by atoms with Gasteiger partial charge in [-0.2, -0.15) is 13.2 Å². The molecule has 1 aliphatic rings. The number of hydrogen-bond donors (Lipinski definition) is 1. The number of aromatic nitrogens is 1. The van der Waals surface area contributed by atoms with E-state index in [0.29, 0.717) is 5.56 Å². The second-order valence-corrected chi connectivity index (χ2v) is 8.14. The summed E-state index contributed by atoms with van der Waals surface area (Å²) in [6.07, 6.45) is -5.02. The van der Waals surface area contributed by atoms with E-state index in [2.05, 4.69) is 15.0 Å². The van der Waals surface area contributed by atoms with Crippen molar-refractivity contribution >= 4 is 29.2 Å². The third-order valence-corrected chi connectivity index (χ3v) is 6.21. The molecule has 0 radical (unpaired) electrons. The highest BCUT2D eigenvalue weighted by atomic mass is 35.5. The smallest absolute Gasteiger partial charge is 0.417 e. The van der Waals surface area contributed by atoms with Gasteiger partial charge in [0.2, 0.25) is 0 Å². The SMILES string of the molecule is COC(=O)c1cc(NC(=O)[C@@H]2O[C@@](C)(C(F)(F)F)[C@@H](C)[C@H]2c2cccc(Cl)c2OC)ccn1. The Morgan fingerprint density at radius 2 is 1.94 bits per heavy atom. The fourth-order valence-electron chi connectivity index (χ4n) is 3.96. The minimum absolute atomic E-state index is 0.0794. The van der Waals surface area contributed by atoms with Crippen molar-refractivity contribution in [3.63, 3.8) is 0 Å².